The van der Waals surface area contributed by atoms with Gasteiger partial charge in [0.25, 0.3) is 0 Å². The number of hydrogen-bond acceptors (Lipinski definition) is 5. The first-order chi connectivity index (χ1) is 14.0. The molecule has 3 heterocycles. The maximum absolute atomic E-state index is 12.9. The fraction of sp³-hybridized carbons (Fsp3) is 0.333. The van der Waals surface area contributed by atoms with Crippen LogP contribution in [0.25, 0.3) is 10.6 Å². The third kappa shape index (κ3) is 4.94. The van der Waals surface area contributed by atoms with Crippen molar-refractivity contribution >= 4 is 17.0 Å². The molecule has 4 nitrogen and oxygen atoms in total. The Hall–Kier alpha value is -2.45. The first-order valence-electron chi connectivity index (χ1n) is 9.48. The van der Waals surface area contributed by atoms with Crippen molar-refractivity contribution in [1.29, 1.82) is 0 Å². The van der Waals surface area contributed by atoms with E-state index in [2.05, 4.69) is 15.3 Å². The molecular formula is C21H21F3N4S. The van der Waals surface area contributed by atoms with Gasteiger partial charge in [0, 0.05) is 68.2 Å². The minimum Gasteiger partial charge on any atom is -0.369 e. The van der Waals surface area contributed by atoms with E-state index in [-0.39, 0.29) is 0 Å². The van der Waals surface area contributed by atoms with Gasteiger partial charge in [0.15, 0.2) is 0 Å². The largest absolute Gasteiger partial charge is 0.416 e. The van der Waals surface area contributed by atoms with Crippen molar-refractivity contribution in [3.63, 3.8) is 0 Å². The van der Waals surface area contributed by atoms with Crippen molar-refractivity contribution in [3.8, 4) is 10.6 Å². The summed E-state index contributed by atoms with van der Waals surface area (Å²) in [7, 11) is 0. The number of thiazole rings is 1. The van der Waals surface area contributed by atoms with Gasteiger partial charge in [0.05, 0.1) is 11.3 Å². The molecule has 1 fully saturated rings. The average Bonchev–Trinajstić information content (AvgIpc) is 3.22. The Bertz CT molecular complexity index is 934. The number of pyridine rings is 1. The molecule has 0 atom stereocenters. The minimum absolute atomic E-state index is 0.592. The molecule has 0 aliphatic carbocycles. The van der Waals surface area contributed by atoms with Crippen molar-refractivity contribution in [2.75, 3.05) is 37.6 Å². The van der Waals surface area contributed by atoms with Gasteiger partial charge in [0.1, 0.15) is 5.01 Å². The quantitative estimate of drug-likeness (QED) is 0.607. The summed E-state index contributed by atoms with van der Waals surface area (Å²) in [5.41, 5.74) is 2.19. The lowest BCUT2D eigenvalue weighted by molar-refractivity contribution is -0.137. The fourth-order valence-corrected chi connectivity index (χ4v) is 4.29. The minimum atomic E-state index is -4.31. The molecule has 1 aliphatic heterocycles. The van der Waals surface area contributed by atoms with Crippen LogP contribution >= 0.6 is 11.3 Å². The number of anilines is 1. The second-order valence-electron chi connectivity index (χ2n) is 7.01. The molecule has 1 aliphatic rings. The maximum Gasteiger partial charge on any atom is 0.416 e. The zero-order chi connectivity index (χ0) is 20.3. The van der Waals surface area contributed by atoms with E-state index in [9.17, 15) is 13.2 Å². The molecule has 152 valence electrons. The van der Waals surface area contributed by atoms with Gasteiger partial charge in [-0.2, -0.15) is 13.2 Å². The average molecular weight is 418 g/mol. The highest BCUT2D eigenvalue weighted by Gasteiger charge is 2.31. The molecule has 4 rings (SSSR count). The van der Waals surface area contributed by atoms with Crippen LogP contribution in [0.5, 0.6) is 0 Å². The number of hydrogen-bond donors (Lipinski definition) is 0. The van der Waals surface area contributed by atoms with Crippen LogP contribution in [-0.2, 0) is 12.6 Å². The van der Waals surface area contributed by atoms with Gasteiger partial charge in [-0.15, -0.1) is 11.3 Å². The molecule has 0 unspecified atom stereocenters. The summed E-state index contributed by atoms with van der Waals surface area (Å²) in [6.07, 6.45) is 0.0895. The third-order valence-corrected chi connectivity index (χ3v) is 6.01. The molecule has 1 saturated heterocycles. The zero-order valence-electron chi connectivity index (χ0n) is 15.8. The van der Waals surface area contributed by atoms with Gasteiger partial charge in [-0.3, -0.25) is 9.88 Å². The Balaban J connectivity index is 1.29. The van der Waals surface area contributed by atoms with Crippen LogP contribution in [0.3, 0.4) is 0 Å². The Kier molecular flexibility index (Phi) is 5.82. The number of benzene rings is 1. The van der Waals surface area contributed by atoms with Gasteiger partial charge in [-0.1, -0.05) is 6.07 Å². The number of piperazine rings is 1. The van der Waals surface area contributed by atoms with E-state index < -0.39 is 11.7 Å². The van der Waals surface area contributed by atoms with Crippen molar-refractivity contribution in [2.24, 2.45) is 0 Å². The number of alkyl halides is 3. The van der Waals surface area contributed by atoms with Crippen LogP contribution in [-0.4, -0.2) is 47.6 Å². The monoisotopic (exact) mass is 418 g/mol. The van der Waals surface area contributed by atoms with E-state index in [0.29, 0.717) is 5.69 Å². The van der Waals surface area contributed by atoms with E-state index in [1.165, 1.54) is 12.1 Å². The van der Waals surface area contributed by atoms with Crippen LogP contribution in [0.4, 0.5) is 18.9 Å². The summed E-state index contributed by atoms with van der Waals surface area (Å²) in [5.74, 6) is 0. The van der Waals surface area contributed by atoms with Crippen molar-refractivity contribution in [1.82, 2.24) is 14.9 Å². The van der Waals surface area contributed by atoms with Crippen molar-refractivity contribution < 1.29 is 13.2 Å². The molecule has 0 radical (unpaired) electrons. The first-order valence-corrected chi connectivity index (χ1v) is 10.4. The number of halogens is 3. The van der Waals surface area contributed by atoms with E-state index in [1.54, 1.807) is 29.8 Å². The lowest BCUT2D eigenvalue weighted by Crippen LogP contribution is -2.47. The van der Waals surface area contributed by atoms with Gasteiger partial charge in [-0.25, -0.2) is 4.98 Å². The lowest BCUT2D eigenvalue weighted by atomic mass is 10.1. The maximum atomic E-state index is 12.9. The van der Waals surface area contributed by atoms with Crippen molar-refractivity contribution in [3.05, 3.63) is 65.4 Å². The summed E-state index contributed by atoms with van der Waals surface area (Å²) >= 11 is 1.63. The number of nitrogens with zero attached hydrogens (tertiary/aromatic N) is 4. The molecule has 8 heteroatoms. The van der Waals surface area contributed by atoms with Crippen LogP contribution in [0.15, 0.2) is 54.2 Å². The Morgan fingerprint density at radius 1 is 1.00 bits per heavy atom. The highest BCUT2D eigenvalue weighted by Crippen LogP contribution is 2.32. The topological polar surface area (TPSA) is 32.3 Å². The molecule has 1 aromatic carbocycles. The highest BCUT2D eigenvalue weighted by molar-refractivity contribution is 7.13. The first kappa shape index (κ1) is 19.8. The second kappa shape index (κ2) is 8.51. The summed E-state index contributed by atoms with van der Waals surface area (Å²) in [4.78, 5) is 13.1. The van der Waals surface area contributed by atoms with E-state index in [0.717, 1.165) is 61.5 Å². The predicted octanol–water partition coefficient (Wildman–Crippen LogP) is 4.59. The van der Waals surface area contributed by atoms with E-state index >= 15 is 0 Å². The molecule has 0 saturated carbocycles. The molecule has 0 N–H and O–H groups in total. The lowest BCUT2D eigenvalue weighted by Gasteiger charge is -2.36. The predicted molar refractivity (Wildman–Crippen MR) is 109 cm³/mol. The van der Waals surface area contributed by atoms with E-state index in [4.69, 9.17) is 4.98 Å². The van der Waals surface area contributed by atoms with Gasteiger partial charge in [-0.05, 0) is 30.3 Å². The smallest absolute Gasteiger partial charge is 0.369 e. The zero-order valence-corrected chi connectivity index (χ0v) is 16.6. The number of rotatable bonds is 5. The summed E-state index contributed by atoms with van der Waals surface area (Å²) < 4.78 is 38.8. The normalized spacial score (nSPS) is 15.6. The summed E-state index contributed by atoms with van der Waals surface area (Å²) in [6.45, 7) is 4.01. The molecule has 0 bridgehead atoms. The Morgan fingerprint density at radius 3 is 2.48 bits per heavy atom. The molecule has 0 spiro atoms. The van der Waals surface area contributed by atoms with Gasteiger partial charge in [0.2, 0.25) is 0 Å². The van der Waals surface area contributed by atoms with Crippen LogP contribution in [0, 0.1) is 0 Å². The standard InChI is InChI=1S/C21H21F3N4S/c22-21(23,24)17-2-1-3-19(14-17)28-12-10-27(11-13-28)9-6-18-15-29-20(26-18)16-4-7-25-8-5-16/h1-5,7-8,14-15H,6,9-13H2. The summed E-state index contributed by atoms with van der Waals surface area (Å²) in [6, 6.07) is 9.50. The molecule has 0 amide bonds. The van der Waals surface area contributed by atoms with Crippen LogP contribution < -0.4 is 4.90 Å². The van der Waals surface area contributed by atoms with Gasteiger partial charge >= 0.3 is 6.18 Å². The third-order valence-electron chi connectivity index (χ3n) is 5.07. The second-order valence-corrected chi connectivity index (χ2v) is 7.86. The van der Waals surface area contributed by atoms with Gasteiger partial charge < -0.3 is 4.90 Å². The Labute approximate surface area is 171 Å². The molecule has 3 aromatic rings. The SMILES string of the molecule is FC(F)(F)c1cccc(N2CCN(CCc3csc(-c4ccncc4)n3)CC2)c1. The molecular weight excluding hydrogens is 397 g/mol. The van der Waals surface area contributed by atoms with Crippen LogP contribution in [0.1, 0.15) is 11.3 Å². The van der Waals surface area contributed by atoms with E-state index in [1.807, 2.05) is 17.0 Å². The van der Waals surface area contributed by atoms with Crippen LogP contribution in [0.2, 0.25) is 0 Å². The fourth-order valence-electron chi connectivity index (χ4n) is 3.43. The number of aromatic nitrogens is 2. The molecule has 29 heavy (non-hydrogen) atoms. The Morgan fingerprint density at radius 2 is 1.76 bits per heavy atom. The molecule has 2 aromatic heterocycles. The van der Waals surface area contributed by atoms with Crippen molar-refractivity contribution in [2.45, 2.75) is 12.6 Å². The highest BCUT2D eigenvalue weighted by atomic mass is 32.1. The summed E-state index contributed by atoms with van der Waals surface area (Å²) in [5, 5.41) is 3.09.